The van der Waals surface area contributed by atoms with Crippen LogP contribution in [0, 0.1) is 23.5 Å². The Hall–Kier alpha value is -3.16. The number of ether oxygens (including phenoxy) is 2. The fraction of sp³-hybridized carbons (Fsp3) is 0.300. The van der Waals surface area contributed by atoms with Crippen molar-refractivity contribution in [1.29, 1.82) is 0 Å². The molecule has 0 radical (unpaired) electrons. The number of methoxy groups -OCH3 is 1. The fourth-order valence-corrected chi connectivity index (χ4v) is 2.75. The first-order valence-corrected chi connectivity index (χ1v) is 8.79. The van der Waals surface area contributed by atoms with Crippen molar-refractivity contribution in [2.24, 2.45) is 11.8 Å². The van der Waals surface area contributed by atoms with Crippen LogP contribution in [0.3, 0.4) is 0 Å². The third-order valence-corrected chi connectivity index (χ3v) is 4.40. The van der Waals surface area contributed by atoms with E-state index in [0.29, 0.717) is 17.9 Å². The number of anilines is 1. The molecule has 148 valence electrons. The number of hydrogen-bond acceptors (Lipinski definition) is 4. The molecule has 2 N–H and O–H groups in total. The first-order chi connectivity index (χ1) is 13.5. The summed E-state index contributed by atoms with van der Waals surface area (Å²) in [5.41, 5.74) is -0.494. The molecule has 2 amide bonds. The van der Waals surface area contributed by atoms with E-state index in [1.54, 1.807) is 31.4 Å². The Morgan fingerprint density at radius 1 is 1.00 bits per heavy atom. The van der Waals surface area contributed by atoms with Crippen molar-refractivity contribution >= 4 is 17.5 Å². The van der Waals surface area contributed by atoms with Gasteiger partial charge in [0, 0.05) is 0 Å². The molecule has 8 heteroatoms. The van der Waals surface area contributed by atoms with Gasteiger partial charge in [0.05, 0.1) is 25.5 Å². The highest BCUT2D eigenvalue weighted by molar-refractivity contribution is 5.99. The van der Waals surface area contributed by atoms with Gasteiger partial charge in [-0.25, -0.2) is 8.78 Å². The van der Waals surface area contributed by atoms with Gasteiger partial charge in [-0.2, -0.15) is 0 Å². The molecule has 0 bridgehead atoms. The smallest absolute Gasteiger partial charge is 0.228 e. The number of rotatable bonds is 8. The third kappa shape index (κ3) is 4.76. The maximum atomic E-state index is 13.6. The number of para-hydroxylation sites is 1. The molecule has 2 aromatic rings. The first-order valence-electron chi connectivity index (χ1n) is 8.79. The molecule has 1 aliphatic rings. The molecule has 1 saturated carbocycles. The number of hydrogen-bond donors (Lipinski definition) is 2. The Balaban J connectivity index is 1.39. The van der Waals surface area contributed by atoms with Gasteiger partial charge in [0.25, 0.3) is 0 Å². The molecule has 1 aliphatic carbocycles. The number of carbonyl (C=O) groups excluding carboxylic acids is 2. The fourth-order valence-electron chi connectivity index (χ4n) is 2.75. The van der Waals surface area contributed by atoms with E-state index in [-0.39, 0.29) is 19.1 Å². The van der Waals surface area contributed by atoms with Gasteiger partial charge in [-0.3, -0.25) is 9.59 Å². The maximum Gasteiger partial charge on any atom is 0.228 e. The summed E-state index contributed by atoms with van der Waals surface area (Å²) in [7, 11) is 1.57. The van der Waals surface area contributed by atoms with E-state index in [2.05, 4.69) is 10.6 Å². The lowest BCUT2D eigenvalue weighted by Crippen LogP contribution is -2.31. The molecule has 2 aromatic carbocycles. The van der Waals surface area contributed by atoms with Crippen LogP contribution in [0.4, 0.5) is 14.5 Å². The average molecular weight is 390 g/mol. The standard InChI is InChI=1S/C20H20F2N2O4/c1-27-12-5-7-13(8-6-12)28-10-9-23-19(25)14-11-15(14)20(26)24-18-16(21)3-2-4-17(18)22/h2-8,14-15H,9-11H2,1H3,(H,23,25)(H,24,26). The van der Waals surface area contributed by atoms with E-state index < -0.39 is 35.1 Å². The van der Waals surface area contributed by atoms with Gasteiger partial charge in [-0.05, 0) is 42.8 Å². The summed E-state index contributed by atoms with van der Waals surface area (Å²) in [5.74, 6) is -2.31. The summed E-state index contributed by atoms with van der Waals surface area (Å²) in [4.78, 5) is 24.2. The normalized spacial score (nSPS) is 17.5. The highest BCUT2D eigenvalue weighted by Crippen LogP contribution is 2.39. The van der Waals surface area contributed by atoms with Crippen molar-refractivity contribution in [3.63, 3.8) is 0 Å². The largest absolute Gasteiger partial charge is 0.497 e. The van der Waals surface area contributed by atoms with E-state index in [9.17, 15) is 18.4 Å². The van der Waals surface area contributed by atoms with Crippen LogP contribution in [0.15, 0.2) is 42.5 Å². The molecular formula is C20H20F2N2O4. The SMILES string of the molecule is COc1ccc(OCCNC(=O)C2CC2C(=O)Nc2c(F)cccc2F)cc1. The second kappa shape index (κ2) is 8.69. The van der Waals surface area contributed by atoms with Crippen LogP contribution >= 0.6 is 0 Å². The Kier molecular flexibility index (Phi) is 6.08. The van der Waals surface area contributed by atoms with Gasteiger partial charge in [0.2, 0.25) is 11.8 Å². The predicted octanol–water partition coefficient (Wildman–Crippen LogP) is 2.74. The lowest BCUT2D eigenvalue weighted by atomic mass is 10.2. The number of benzene rings is 2. The van der Waals surface area contributed by atoms with Crippen LogP contribution < -0.4 is 20.1 Å². The van der Waals surface area contributed by atoms with Crippen molar-refractivity contribution in [3.05, 3.63) is 54.1 Å². The maximum absolute atomic E-state index is 13.6. The molecule has 0 heterocycles. The number of nitrogens with one attached hydrogen (secondary N) is 2. The zero-order valence-electron chi connectivity index (χ0n) is 15.2. The highest BCUT2D eigenvalue weighted by atomic mass is 19.1. The minimum Gasteiger partial charge on any atom is -0.497 e. The predicted molar refractivity (Wildman–Crippen MR) is 98.1 cm³/mol. The number of carbonyl (C=O) groups is 2. The van der Waals surface area contributed by atoms with Crippen molar-refractivity contribution in [3.8, 4) is 11.5 Å². The van der Waals surface area contributed by atoms with Crippen LogP contribution in [0.1, 0.15) is 6.42 Å². The first kappa shape index (κ1) is 19.6. The van der Waals surface area contributed by atoms with Crippen molar-refractivity contribution in [2.75, 3.05) is 25.6 Å². The molecule has 0 saturated heterocycles. The average Bonchev–Trinajstić information content (AvgIpc) is 3.49. The van der Waals surface area contributed by atoms with Crippen LogP contribution in [0.5, 0.6) is 11.5 Å². The van der Waals surface area contributed by atoms with Crippen LogP contribution in [0.2, 0.25) is 0 Å². The quantitative estimate of drug-likeness (QED) is 0.680. The monoisotopic (exact) mass is 390 g/mol. The van der Waals surface area contributed by atoms with Crippen molar-refractivity contribution in [2.45, 2.75) is 6.42 Å². The van der Waals surface area contributed by atoms with E-state index in [1.807, 2.05) is 0 Å². The van der Waals surface area contributed by atoms with Crippen LogP contribution in [-0.2, 0) is 9.59 Å². The van der Waals surface area contributed by atoms with Crippen molar-refractivity contribution < 1.29 is 27.8 Å². The Morgan fingerprint density at radius 2 is 1.61 bits per heavy atom. The molecular weight excluding hydrogens is 370 g/mol. The molecule has 6 nitrogen and oxygen atoms in total. The molecule has 0 aromatic heterocycles. The lowest BCUT2D eigenvalue weighted by molar-refractivity contribution is -0.125. The molecule has 28 heavy (non-hydrogen) atoms. The second-order valence-electron chi connectivity index (χ2n) is 6.35. The summed E-state index contributed by atoms with van der Waals surface area (Å²) in [6.07, 6.45) is 0.340. The summed E-state index contributed by atoms with van der Waals surface area (Å²) < 4.78 is 37.7. The van der Waals surface area contributed by atoms with Gasteiger partial charge < -0.3 is 20.1 Å². The topological polar surface area (TPSA) is 76.7 Å². The summed E-state index contributed by atoms with van der Waals surface area (Å²) in [5, 5.41) is 4.91. The van der Waals surface area contributed by atoms with E-state index in [0.717, 1.165) is 12.1 Å². The molecule has 1 fully saturated rings. The van der Waals surface area contributed by atoms with Gasteiger partial charge in [-0.15, -0.1) is 0 Å². The van der Waals surface area contributed by atoms with Crippen LogP contribution in [-0.4, -0.2) is 32.1 Å². The Bertz CT molecular complexity index is 838. The van der Waals surface area contributed by atoms with E-state index in [4.69, 9.17) is 9.47 Å². The molecule has 2 atom stereocenters. The van der Waals surface area contributed by atoms with Crippen molar-refractivity contribution in [1.82, 2.24) is 5.32 Å². The lowest BCUT2D eigenvalue weighted by Gasteiger charge is -2.09. The zero-order chi connectivity index (χ0) is 20.1. The molecule has 3 rings (SSSR count). The van der Waals surface area contributed by atoms with Crippen LogP contribution in [0.25, 0.3) is 0 Å². The minimum atomic E-state index is -0.856. The van der Waals surface area contributed by atoms with Gasteiger partial charge in [-0.1, -0.05) is 6.07 Å². The third-order valence-electron chi connectivity index (χ3n) is 4.40. The Morgan fingerprint density at radius 3 is 2.25 bits per heavy atom. The number of amides is 2. The molecule has 0 spiro atoms. The number of halogens is 2. The summed E-state index contributed by atoms with van der Waals surface area (Å²) in [6, 6.07) is 10.4. The highest BCUT2D eigenvalue weighted by Gasteiger charge is 2.48. The molecule has 0 aliphatic heterocycles. The zero-order valence-corrected chi connectivity index (χ0v) is 15.2. The minimum absolute atomic E-state index is 0.266. The molecule has 2 unspecified atom stereocenters. The van der Waals surface area contributed by atoms with Gasteiger partial charge in [0.15, 0.2) is 0 Å². The summed E-state index contributed by atoms with van der Waals surface area (Å²) in [6.45, 7) is 0.541. The second-order valence-corrected chi connectivity index (χ2v) is 6.35. The van der Waals surface area contributed by atoms with E-state index >= 15 is 0 Å². The van der Waals surface area contributed by atoms with E-state index in [1.165, 1.54) is 6.07 Å². The Labute approximate surface area is 160 Å². The summed E-state index contributed by atoms with van der Waals surface area (Å²) >= 11 is 0. The van der Waals surface area contributed by atoms with Gasteiger partial charge in [0.1, 0.15) is 35.4 Å². The van der Waals surface area contributed by atoms with Gasteiger partial charge >= 0.3 is 0 Å².